The average Bonchev–Trinajstić information content (AvgIpc) is 3.17. The van der Waals surface area contributed by atoms with Gasteiger partial charge in [-0.2, -0.15) is 0 Å². The Morgan fingerprint density at radius 2 is 1.96 bits per heavy atom. The molecule has 0 spiro atoms. The second kappa shape index (κ2) is 8.59. The second-order valence-electron chi connectivity index (χ2n) is 6.14. The first kappa shape index (κ1) is 19.5. The standard InChI is InChI=1S/C17H21N5O3S2/c1-12(15-4-2-11-25-15)20-17(26)21-13-5-7-14(8-6-13)27(23,24)22-16-18-9-3-10-19-16/h3,5-10,12,15H,2,4,11H2,1H3,(H,18,19,22)(H2,20,21,26)/t12-,15-/m0/s1. The quantitative estimate of drug-likeness (QED) is 0.626. The molecule has 0 amide bonds. The van der Waals surface area contributed by atoms with Crippen LogP contribution in [0.2, 0.25) is 0 Å². The van der Waals surface area contributed by atoms with E-state index in [1.165, 1.54) is 24.5 Å². The van der Waals surface area contributed by atoms with Crippen LogP contribution in [0.1, 0.15) is 19.8 Å². The van der Waals surface area contributed by atoms with Crippen molar-refractivity contribution < 1.29 is 13.2 Å². The Hall–Kier alpha value is -2.30. The molecule has 3 N–H and O–H groups in total. The fraction of sp³-hybridized carbons (Fsp3) is 0.353. The van der Waals surface area contributed by atoms with Gasteiger partial charge in [0, 0.05) is 24.7 Å². The van der Waals surface area contributed by atoms with Crippen molar-refractivity contribution in [2.75, 3.05) is 16.6 Å². The maximum atomic E-state index is 12.4. The van der Waals surface area contributed by atoms with E-state index in [0.29, 0.717) is 10.8 Å². The maximum Gasteiger partial charge on any atom is 0.264 e. The molecule has 2 heterocycles. The molecule has 3 rings (SSSR count). The van der Waals surface area contributed by atoms with Gasteiger partial charge < -0.3 is 15.4 Å². The van der Waals surface area contributed by atoms with E-state index in [9.17, 15) is 8.42 Å². The van der Waals surface area contributed by atoms with Crippen molar-refractivity contribution in [1.29, 1.82) is 0 Å². The zero-order valence-corrected chi connectivity index (χ0v) is 16.4. The van der Waals surface area contributed by atoms with Gasteiger partial charge >= 0.3 is 0 Å². The zero-order valence-electron chi connectivity index (χ0n) is 14.8. The lowest BCUT2D eigenvalue weighted by atomic mass is 10.1. The van der Waals surface area contributed by atoms with Gasteiger partial charge in [0.2, 0.25) is 5.95 Å². The molecule has 2 atom stereocenters. The molecule has 1 aliphatic heterocycles. The average molecular weight is 408 g/mol. The molecule has 1 aromatic heterocycles. The van der Waals surface area contributed by atoms with Crippen LogP contribution in [0.3, 0.4) is 0 Å². The number of hydrogen-bond acceptors (Lipinski definition) is 6. The molecule has 0 radical (unpaired) electrons. The van der Waals surface area contributed by atoms with E-state index in [0.717, 1.165) is 19.4 Å². The first-order valence-electron chi connectivity index (χ1n) is 8.53. The molecule has 10 heteroatoms. The van der Waals surface area contributed by atoms with Crippen LogP contribution in [0.5, 0.6) is 0 Å². The van der Waals surface area contributed by atoms with E-state index in [1.807, 2.05) is 6.92 Å². The summed E-state index contributed by atoms with van der Waals surface area (Å²) in [5.74, 6) is 0.0215. The number of rotatable bonds is 6. The lowest BCUT2D eigenvalue weighted by molar-refractivity contribution is 0.0895. The molecule has 0 saturated carbocycles. The van der Waals surface area contributed by atoms with Gasteiger partial charge in [-0.05, 0) is 62.3 Å². The number of nitrogens with zero attached hydrogens (tertiary/aromatic N) is 2. The largest absolute Gasteiger partial charge is 0.376 e. The monoisotopic (exact) mass is 407 g/mol. The van der Waals surface area contributed by atoms with Crippen molar-refractivity contribution in [1.82, 2.24) is 15.3 Å². The Morgan fingerprint density at radius 3 is 2.59 bits per heavy atom. The normalized spacial score (nSPS) is 17.9. The first-order valence-corrected chi connectivity index (χ1v) is 10.4. The maximum absolute atomic E-state index is 12.4. The Kier molecular flexibility index (Phi) is 6.19. The minimum absolute atomic E-state index is 0.0215. The molecular weight excluding hydrogens is 386 g/mol. The van der Waals surface area contributed by atoms with Gasteiger partial charge in [0.25, 0.3) is 10.0 Å². The van der Waals surface area contributed by atoms with Crippen molar-refractivity contribution in [3.8, 4) is 0 Å². The zero-order chi connectivity index (χ0) is 19.3. The van der Waals surface area contributed by atoms with Crippen LogP contribution in [0.25, 0.3) is 0 Å². The van der Waals surface area contributed by atoms with Crippen LogP contribution in [-0.4, -0.2) is 42.3 Å². The molecule has 0 bridgehead atoms. The van der Waals surface area contributed by atoms with E-state index < -0.39 is 10.0 Å². The van der Waals surface area contributed by atoms with Crippen LogP contribution in [0.15, 0.2) is 47.6 Å². The molecule has 2 aromatic rings. The number of thiocarbonyl (C=S) groups is 1. The third kappa shape index (κ3) is 5.34. The predicted octanol–water partition coefficient (Wildman–Crippen LogP) is 2.13. The highest BCUT2D eigenvalue weighted by Crippen LogP contribution is 2.17. The van der Waals surface area contributed by atoms with Crippen molar-refractivity contribution in [2.24, 2.45) is 0 Å². The summed E-state index contributed by atoms with van der Waals surface area (Å²) in [6, 6.07) is 7.96. The van der Waals surface area contributed by atoms with E-state index in [4.69, 9.17) is 17.0 Å². The Morgan fingerprint density at radius 1 is 1.26 bits per heavy atom. The van der Waals surface area contributed by atoms with E-state index in [-0.39, 0.29) is 23.0 Å². The summed E-state index contributed by atoms with van der Waals surface area (Å²) in [4.78, 5) is 7.82. The molecule has 8 nitrogen and oxygen atoms in total. The van der Waals surface area contributed by atoms with Gasteiger partial charge in [-0.1, -0.05) is 0 Å². The summed E-state index contributed by atoms with van der Waals surface area (Å²) in [6.07, 6.45) is 5.16. The molecular formula is C17H21N5O3S2. The highest BCUT2D eigenvalue weighted by Gasteiger charge is 2.22. The summed E-state index contributed by atoms with van der Waals surface area (Å²) < 4.78 is 32.7. The molecule has 0 unspecified atom stereocenters. The van der Waals surface area contributed by atoms with Crippen molar-refractivity contribution >= 4 is 39.0 Å². The molecule has 0 aliphatic carbocycles. The van der Waals surface area contributed by atoms with E-state index >= 15 is 0 Å². The number of benzene rings is 1. The van der Waals surface area contributed by atoms with E-state index in [1.54, 1.807) is 18.2 Å². The summed E-state index contributed by atoms with van der Waals surface area (Å²) in [5, 5.41) is 6.71. The van der Waals surface area contributed by atoms with Crippen LogP contribution >= 0.6 is 12.2 Å². The van der Waals surface area contributed by atoms with Gasteiger partial charge in [-0.15, -0.1) is 0 Å². The number of ether oxygens (including phenoxy) is 1. The number of hydrogen-bond donors (Lipinski definition) is 3. The van der Waals surface area contributed by atoms with Crippen LogP contribution < -0.4 is 15.4 Å². The third-order valence-corrected chi connectivity index (χ3v) is 5.66. The minimum Gasteiger partial charge on any atom is -0.376 e. The molecule has 1 aromatic carbocycles. The van der Waals surface area contributed by atoms with Crippen LogP contribution in [-0.2, 0) is 14.8 Å². The lowest BCUT2D eigenvalue weighted by Gasteiger charge is -2.22. The molecule has 27 heavy (non-hydrogen) atoms. The Bertz CT molecular complexity index is 869. The minimum atomic E-state index is -3.76. The fourth-order valence-corrected chi connectivity index (χ4v) is 3.97. The van der Waals surface area contributed by atoms with Crippen LogP contribution in [0.4, 0.5) is 11.6 Å². The van der Waals surface area contributed by atoms with E-state index in [2.05, 4.69) is 25.3 Å². The summed E-state index contributed by atoms with van der Waals surface area (Å²) in [6.45, 7) is 2.81. The summed E-state index contributed by atoms with van der Waals surface area (Å²) in [5.41, 5.74) is 0.682. The summed E-state index contributed by atoms with van der Waals surface area (Å²) >= 11 is 5.32. The number of sulfonamides is 1. The van der Waals surface area contributed by atoms with Crippen molar-refractivity contribution in [3.63, 3.8) is 0 Å². The van der Waals surface area contributed by atoms with Gasteiger partial charge in [0.05, 0.1) is 17.0 Å². The van der Waals surface area contributed by atoms with Gasteiger partial charge in [0.15, 0.2) is 5.11 Å². The number of nitrogens with one attached hydrogen (secondary N) is 3. The lowest BCUT2D eigenvalue weighted by Crippen LogP contribution is -2.42. The first-order chi connectivity index (χ1) is 12.9. The summed E-state index contributed by atoms with van der Waals surface area (Å²) in [7, 11) is -3.76. The second-order valence-corrected chi connectivity index (χ2v) is 8.23. The fourth-order valence-electron chi connectivity index (χ4n) is 2.71. The van der Waals surface area contributed by atoms with Gasteiger partial charge in [-0.25, -0.2) is 23.1 Å². The molecule has 1 aliphatic rings. The molecule has 144 valence electrons. The smallest absolute Gasteiger partial charge is 0.264 e. The number of aromatic nitrogens is 2. The van der Waals surface area contributed by atoms with Crippen molar-refractivity contribution in [2.45, 2.75) is 36.8 Å². The Labute approximate surface area is 163 Å². The van der Waals surface area contributed by atoms with Crippen LogP contribution in [0, 0.1) is 0 Å². The van der Waals surface area contributed by atoms with Gasteiger partial charge in [-0.3, -0.25) is 0 Å². The Balaban J connectivity index is 1.58. The highest BCUT2D eigenvalue weighted by atomic mass is 32.2. The van der Waals surface area contributed by atoms with Gasteiger partial charge in [0.1, 0.15) is 0 Å². The highest BCUT2D eigenvalue weighted by molar-refractivity contribution is 7.92. The number of anilines is 2. The molecule has 1 fully saturated rings. The SMILES string of the molecule is C[C@H](NC(=S)Nc1ccc(S(=O)(=O)Nc2ncccn2)cc1)[C@@H]1CCCO1. The molecule has 1 saturated heterocycles. The third-order valence-electron chi connectivity index (χ3n) is 4.10. The van der Waals surface area contributed by atoms with Crippen molar-refractivity contribution in [3.05, 3.63) is 42.7 Å². The topological polar surface area (TPSA) is 105 Å². The predicted molar refractivity (Wildman–Crippen MR) is 107 cm³/mol.